The molecule has 5 nitrogen and oxygen atoms in total. The number of nitrogens with one attached hydrogen (secondary N) is 1. The maximum atomic E-state index is 11.2. The van der Waals surface area contributed by atoms with E-state index in [1.54, 1.807) is 18.2 Å². The molecule has 88 valence electrons. The van der Waals surface area contributed by atoms with E-state index in [1.807, 2.05) is 0 Å². The molecule has 8 heteroatoms. The van der Waals surface area contributed by atoms with Gasteiger partial charge in [-0.05, 0) is 12.1 Å². The lowest BCUT2D eigenvalue weighted by atomic mass is 10.3. The number of halogens is 3. The first-order valence-corrected chi connectivity index (χ1v) is 4.61. The minimum absolute atomic E-state index is 0. The van der Waals surface area contributed by atoms with Crippen molar-refractivity contribution in [2.45, 2.75) is 0 Å². The Morgan fingerprint density at radius 3 is 2.19 bits per heavy atom. The lowest BCUT2D eigenvalue weighted by molar-refractivity contribution is 0.259. The quantitative estimate of drug-likeness (QED) is 0.545. The van der Waals surface area contributed by atoms with E-state index in [0.717, 1.165) is 0 Å². The van der Waals surface area contributed by atoms with Crippen molar-refractivity contribution in [2.24, 2.45) is 16.5 Å². The normalized spacial score (nSPS) is 8.88. The lowest BCUT2D eigenvalue weighted by Crippen LogP contribution is -2.25. The molecule has 0 fully saturated rings. The van der Waals surface area contributed by atoms with Crippen molar-refractivity contribution >= 4 is 53.3 Å². The Morgan fingerprint density at radius 1 is 1.25 bits per heavy atom. The molecule has 0 saturated carbocycles. The molecule has 5 N–H and O–H groups in total. The molecule has 0 bridgehead atoms. The van der Waals surface area contributed by atoms with Gasteiger partial charge in [0.1, 0.15) is 0 Å². The van der Waals surface area contributed by atoms with Crippen molar-refractivity contribution in [1.29, 1.82) is 0 Å². The molecule has 0 saturated heterocycles. The van der Waals surface area contributed by atoms with E-state index in [-0.39, 0.29) is 24.1 Å². The van der Waals surface area contributed by atoms with Crippen molar-refractivity contribution in [2.75, 3.05) is 5.32 Å². The van der Waals surface area contributed by atoms with Crippen LogP contribution >= 0.6 is 35.6 Å². The fourth-order valence-electron chi connectivity index (χ4n) is 0.869. The molecule has 1 rings (SSSR count). The molecule has 16 heavy (non-hydrogen) atoms. The predicted octanol–water partition coefficient (Wildman–Crippen LogP) is 2.22. The van der Waals surface area contributed by atoms with Gasteiger partial charge in [-0.25, -0.2) is 4.79 Å². The Bertz CT molecular complexity index is 397. The molecule has 0 aliphatic carbocycles. The topological polar surface area (TPSA) is 93.5 Å². The average Bonchev–Trinajstić information content (AvgIpc) is 2.10. The molecule has 1 aromatic rings. The van der Waals surface area contributed by atoms with Gasteiger partial charge in [0, 0.05) is 0 Å². The highest BCUT2D eigenvalue weighted by Gasteiger charge is 2.08. The number of hydrogen-bond donors (Lipinski definition) is 3. The van der Waals surface area contributed by atoms with E-state index < -0.39 is 6.03 Å². The predicted molar refractivity (Wildman–Crippen MR) is 68.5 cm³/mol. The van der Waals surface area contributed by atoms with Gasteiger partial charge in [0.25, 0.3) is 0 Å². The number of nitrogens with zero attached hydrogens (tertiary/aromatic N) is 1. The third kappa shape index (κ3) is 4.14. The zero-order valence-corrected chi connectivity index (χ0v) is 10.2. The van der Waals surface area contributed by atoms with Gasteiger partial charge >= 0.3 is 6.03 Å². The number of aliphatic imine (C=N–C) groups is 1. The van der Waals surface area contributed by atoms with E-state index >= 15 is 0 Å². The van der Waals surface area contributed by atoms with Crippen LogP contribution in [-0.2, 0) is 0 Å². The molecule has 0 atom stereocenters. The maximum absolute atomic E-state index is 11.2. The van der Waals surface area contributed by atoms with Crippen LogP contribution in [0.1, 0.15) is 0 Å². The van der Waals surface area contributed by atoms with E-state index in [1.165, 1.54) is 0 Å². The first-order chi connectivity index (χ1) is 7.00. The highest BCUT2D eigenvalue weighted by atomic mass is 35.5. The number of amides is 2. The lowest BCUT2D eigenvalue weighted by Gasteiger charge is -2.06. The summed E-state index contributed by atoms with van der Waals surface area (Å²) in [6.45, 7) is 0. The number of carbonyl (C=O) groups is 1. The molecule has 0 spiro atoms. The van der Waals surface area contributed by atoms with Crippen LogP contribution in [0.25, 0.3) is 0 Å². The highest BCUT2D eigenvalue weighted by Crippen LogP contribution is 2.29. The van der Waals surface area contributed by atoms with Gasteiger partial charge < -0.3 is 16.8 Å². The number of nitrogens with two attached hydrogens (primary N) is 2. The Hall–Kier alpha value is -1.17. The number of urea groups is 1. The number of anilines is 1. The average molecular weight is 284 g/mol. The number of carbonyl (C=O) groups excluding carboxylic acids is 1. The third-order valence-corrected chi connectivity index (χ3v) is 2.06. The molecule has 0 aromatic heterocycles. The van der Waals surface area contributed by atoms with Gasteiger partial charge in [-0.1, -0.05) is 29.3 Å². The fourth-order valence-corrected chi connectivity index (χ4v) is 1.36. The van der Waals surface area contributed by atoms with Crippen LogP contribution < -0.4 is 16.8 Å². The Balaban J connectivity index is 0.00000225. The van der Waals surface area contributed by atoms with E-state index in [0.29, 0.717) is 10.0 Å². The van der Waals surface area contributed by atoms with Crippen molar-refractivity contribution in [1.82, 2.24) is 0 Å². The molecule has 0 unspecified atom stereocenters. The van der Waals surface area contributed by atoms with Crippen molar-refractivity contribution in [3.05, 3.63) is 28.2 Å². The zero-order valence-electron chi connectivity index (χ0n) is 7.91. The molecule has 0 aliphatic rings. The number of rotatable bonds is 1. The van der Waals surface area contributed by atoms with Crippen LogP contribution in [0.5, 0.6) is 0 Å². The molecule has 0 aliphatic heterocycles. The van der Waals surface area contributed by atoms with Gasteiger partial charge in [0.2, 0.25) is 0 Å². The second-order valence-corrected chi connectivity index (χ2v) is 3.38. The SMILES string of the molecule is Cl.NC(N)=NC(=O)Nc1c(Cl)cccc1Cl. The third-order valence-electron chi connectivity index (χ3n) is 1.43. The van der Waals surface area contributed by atoms with E-state index in [9.17, 15) is 4.79 Å². The van der Waals surface area contributed by atoms with Crippen LogP contribution in [0.15, 0.2) is 23.2 Å². The monoisotopic (exact) mass is 282 g/mol. The van der Waals surface area contributed by atoms with Crippen molar-refractivity contribution in [3.8, 4) is 0 Å². The molecule has 0 heterocycles. The van der Waals surface area contributed by atoms with E-state index in [4.69, 9.17) is 34.7 Å². The van der Waals surface area contributed by atoms with Crippen LogP contribution in [0, 0.1) is 0 Å². The zero-order chi connectivity index (χ0) is 11.4. The summed E-state index contributed by atoms with van der Waals surface area (Å²) in [4.78, 5) is 14.4. The summed E-state index contributed by atoms with van der Waals surface area (Å²) in [6.07, 6.45) is 0. The Labute approximate surface area is 108 Å². The molecule has 1 aromatic carbocycles. The summed E-state index contributed by atoms with van der Waals surface area (Å²) in [5, 5.41) is 2.97. The standard InChI is InChI=1S/C8H8Cl2N4O.ClH/c9-4-2-1-3-5(10)6(4)13-8(15)14-7(11)12;/h1-3H,(H5,11,12,13,14,15);1H. The number of benzene rings is 1. The minimum atomic E-state index is -0.731. The number of para-hydroxylation sites is 1. The summed E-state index contributed by atoms with van der Waals surface area (Å²) in [6, 6.07) is 4.09. The summed E-state index contributed by atoms with van der Waals surface area (Å²) in [5.41, 5.74) is 10.3. The smallest absolute Gasteiger partial charge is 0.348 e. The van der Waals surface area contributed by atoms with Gasteiger partial charge in [0.15, 0.2) is 5.96 Å². The van der Waals surface area contributed by atoms with Gasteiger partial charge in [-0.15, -0.1) is 12.4 Å². The molecule has 0 radical (unpaired) electrons. The first kappa shape index (κ1) is 14.8. The summed E-state index contributed by atoms with van der Waals surface area (Å²) in [5.74, 6) is -0.337. The van der Waals surface area contributed by atoms with Gasteiger partial charge in [-0.2, -0.15) is 4.99 Å². The number of hydrogen-bond acceptors (Lipinski definition) is 1. The maximum Gasteiger partial charge on any atom is 0.348 e. The molecular weight excluding hydrogens is 274 g/mol. The van der Waals surface area contributed by atoms with Crippen LogP contribution in [0.4, 0.5) is 10.5 Å². The summed E-state index contributed by atoms with van der Waals surface area (Å²) >= 11 is 11.6. The molecule has 2 amide bonds. The number of guanidine groups is 1. The first-order valence-electron chi connectivity index (χ1n) is 3.85. The van der Waals surface area contributed by atoms with Crippen molar-refractivity contribution < 1.29 is 4.79 Å². The largest absolute Gasteiger partial charge is 0.370 e. The second kappa shape index (κ2) is 6.42. The minimum Gasteiger partial charge on any atom is -0.370 e. The van der Waals surface area contributed by atoms with Crippen LogP contribution in [0.3, 0.4) is 0 Å². The summed E-state index contributed by atoms with van der Waals surface area (Å²) < 4.78 is 0. The van der Waals surface area contributed by atoms with Gasteiger partial charge in [0.05, 0.1) is 15.7 Å². The second-order valence-electron chi connectivity index (χ2n) is 2.56. The fraction of sp³-hybridized carbons (Fsp3) is 0. The van der Waals surface area contributed by atoms with Crippen LogP contribution in [0.2, 0.25) is 10.0 Å². The molecular formula is C8H9Cl3N4O. The van der Waals surface area contributed by atoms with E-state index in [2.05, 4.69) is 10.3 Å². The van der Waals surface area contributed by atoms with Gasteiger partial charge in [-0.3, -0.25) is 0 Å². The highest BCUT2D eigenvalue weighted by molar-refractivity contribution is 6.39. The van der Waals surface area contributed by atoms with Crippen molar-refractivity contribution in [3.63, 3.8) is 0 Å². The summed E-state index contributed by atoms with van der Waals surface area (Å²) in [7, 11) is 0. The van der Waals surface area contributed by atoms with Crippen LogP contribution in [-0.4, -0.2) is 12.0 Å². The Kier molecular flexibility index (Phi) is 5.95. The Morgan fingerprint density at radius 2 is 1.75 bits per heavy atom.